The van der Waals surface area contributed by atoms with Crippen molar-refractivity contribution in [3.8, 4) is 11.1 Å². The Kier molecular flexibility index (Phi) is 8.43. The Balaban J connectivity index is 0.00000140. The Labute approximate surface area is 189 Å². The molecule has 28 heavy (non-hydrogen) atoms. The minimum Gasteiger partial charge on any atom is -1.00 e. The molecule has 0 nitrogen and oxygen atoms in total. The van der Waals surface area contributed by atoms with E-state index in [1.807, 2.05) is 3.88 Å². The largest absolute Gasteiger partial charge is 1.00 e. The molecule has 0 bridgehead atoms. The molecule has 0 aromatic heterocycles. The molecule has 2 aromatic rings. The van der Waals surface area contributed by atoms with Crippen LogP contribution in [0.5, 0.6) is 0 Å². The molecule has 146 valence electrons. The summed E-state index contributed by atoms with van der Waals surface area (Å²) in [7, 11) is 0. The van der Waals surface area contributed by atoms with Gasteiger partial charge in [-0.15, -0.1) is 0 Å². The van der Waals surface area contributed by atoms with Crippen molar-refractivity contribution in [2.75, 3.05) is 0 Å². The molecule has 0 amide bonds. The third-order valence-electron chi connectivity index (χ3n) is 5.96. The first-order valence-corrected chi connectivity index (χ1v) is 16.4. The molecule has 2 aliphatic carbocycles. The maximum atomic E-state index is 2.58. The number of rotatable bonds is 4. The van der Waals surface area contributed by atoms with Gasteiger partial charge in [0, 0.05) is 0 Å². The third kappa shape index (κ3) is 4.02. The molecule has 2 aromatic carbocycles. The smallest absolute Gasteiger partial charge is 1.00 e. The van der Waals surface area contributed by atoms with Crippen molar-refractivity contribution in [2.45, 2.75) is 46.2 Å². The van der Waals surface area contributed by atoms with E-state index in [2.05, 4.69) is 81.6 Å². The van der Waals surface area contributed by atoms with E-state index in [1.54, 1.807) is 15.0 Å². The number of allylic oxidation sites excluding steroid dienone is 4. The normalized spacial score (nSPS) is 15.9. The molecule has 0 radical (unpaired) electrons. The first-order chi connectivity index (χ1) is 12.7. The summed E-state index contributed by atoms with van der Waals surface area (Å²) in [5.41, 5.74) is 7.86. The van der Waals surface area contributed by atoms with Gasteiger partial charge in [0.05, 0.1) is 0 Å². The van der Waals surface area contributed by atoms with Gasteiger partial charge in [-0.2, -0.15) is 0 Å². The second-order valence-electron chi connectivity index (χ2n) is 7.71. The van der Waals surface area contributed by atoms with Crippen molar-refractivity contribution >= 4 is 10.1 Å². The second kappa shape index (κ2) is 9.96. The van der Waals surface area contributed by atoms with Gasteiger partial charge in [-0.3, -0.25) is 0 Å². The Morgan fingerprint density at radius 3 is 2.36 bits per heavy atom. The van der Waals surface area contributed by atoms with Crippen LogP contribution in [0.1, 0.15) is 37.8 Å². The van der Waals surface area contributed by atoms with E-state index in [1.165, 1.54) is 29.5 Å². The third-order valence-corrected chi connectivity index (χ3v) is 17.4. The van der Waals surface area contributed by atoms with Crippen molar-refractivity contribution in [1.29, 1.82) is 0 Å². The van der Waals surface area contributed by atoms with Gasteiger partial charge in [-0.25, -0.2) is 0 Å². The quantitative estimate of drug-likeness (QED) is 0.479. The number of fused-ring (bicyclic) bond motifs is 3. The van der Waals surface area contributed by atoms with Crippen LogP contribution < -0.4 is 28.7 Å². The van der Waals surface area contributed by atoms with Crippen LogP contribution >= 0.6 is 0 Å². The SMILES string of the molecule is CCC1=[C]([Ti+2]([c]2cccc3c2Cc2ccccc2-3)=[Si](C)C)C(CC)C=C1.[Cl-].[Cl-]. The number of benzene rings is 2. The second-order valence-corrected chi connectivity index (χ2v) is 19.3. The molecular formula is C24H28Cl2SiTi. The van der Waals surface area contributed by atoms with Gasteiger partial charge in [-0.1, -0.05) is 0 Å². The zero-order chi connectivity index (χ0) is 18.3. The molecule has 4 heteroatoms. The van der Waals surface area contributed by atoms with Crippen LogP contribution in [0, 0.1) is 5.92 Å². The Hall–Kier alpha value is -0.569. The fraction of sp³-hybridized carbons (Fsp3) is 0.333. The number of hydrogen-bond donors (Lipinski definition) is 0. The average molecular weight is 463 g/mol. The summed E-state index contributed by atoms with van der Waals surface area (Å²) < 4.78 is 3.68. The number of hydrogen-bond acceptors (Lipinski definition) is 0. The van der Waals surface area contributed by atoms with Crippen molar-refractivity contribution in [3.05, 3.63) is 75.2 Å². The summed E-state index contributed by atoms with van der Waals surface area (Å²) in [6, 6.07) is 16.2. The van der Waals surface area contributed by atoms with Crippen LogP contribution in [-0.4, -0.2) is 6.19 Å². The van der Waals surface area contributed by atoms with Gasteiger partial charge < -0.3 is 24.8 Å². The first kappa shape index (κ1) is 23.7. The summed E-state index contributed by atoms with van der Waals surface area (Å²) in [4.78, 5) is 0. The van der Waals surface area contributed by atoms with Gasteiger partial charge in [0.2, 0.25) is 0 Å². The van der Waals surface area contributed by atoms with Gasteiger partial charge >= 0.3 is 165 Å². The zero-order valence-electron chi connectivity index (χ0n) is 17.2. The Morgan fingerprint density at radius 2 is 1.68 bits per heavy atom. The summed E-state index contributed by atoms with van der Waals surface area (Å²) in [6.45, 7) is 9.86. The summed E-state index contributed by atoms with van der Waals surface area (Å²) in [5.74, 6) is 0.708. The predicted molar refractivity (Wildman–Crippen MR) is 112 cm³/mol. The van der Waals surface area contributed by atoms with Crippen LogP contribution in [0.2, 0.25) is 13.1 Å². The van der Waals surface area contributed by atoms with Gasteiger partial charge in [0.1, 0.15) is 0 Å². The van der Waals surface area contributed by atoms with Crippen LogP contribution in [0.15, 0.2) is 64.1 Å². The minimum absolute atomic E-state index is 0. The maximum absolute atomic E-state index is 2.58. The van der Waals surface area contributed by atoms with Crippen molar-refractivity contribution < 1.29 is 41.4 Å². The zero-order valence-corrected chi connectivity index (χ0v) is 21.2. The van der Waals surface area contributed by atoms with E-state index in [0.717, 1.165) is 6.42 Å². The molecule has 0 fully saturated rings. The first-order valence-electron chi connectivity index (χ1n) is 9.95. The van der Waals surface area contributed by atoms with Gasteiger partial charge in [-0.05, 0) is 0 Å². The monoisotopic (exact) mass is 462 g/mol. The summed E-state index contributed by atoms with van der Waals surface area (Å²) in [5, 5.41) is 0. The van der Waals surface area contributed by atoms with E-state index in [4.69, 9.17) is 0 Å². The molecular weight excluding hydrogens is 435 g/mol. The van der Waals surface area contributed by atoms with Crippen molar-refractivity contribution in [2.24, 2.45) is 5.92 Å². The van der Waals surface area contributed by atoms with Crippen LogP contribution in [0.3, 0.4) is 0 Å². The van der Waals surface area contributed by atoms with Crippen LogP contribution in [0.4, 0.5) is 0 Å². The van der Waals surface area contributed by atoms with E-state index in [9.17, 15) is 0 Å². The molecule has 0 N–H and O–H groups in total. The fourth-order valence-electron chi connectivity index (χ4n) is 4.73. The molecule has 0 spiro atoms. The Morgan fingerprint density at radius 1 is 0.964 bits per heavy atom. The standard InChI is InChI=1S/C13H9.C9H13.C2H6Si.2ClH.Ti/c1-3-7-12-10(5-1)9-11-6-2-4-8-13(11)12;1-3-8-5-6-9(4-2)7-8;1-3-2;;;/h1-5,7-8H,9H2;5-6,8H,3-4H2,1-2H3;1-2H3;2*1H;/q;;;;;+2/p-2. The molecule has 0 heterocycles. The van der Waals surface area contributed by atoms with E-state index >= 15 is 0 Å². The van der Waals surface area contributed by atoms with E-state index in [0.29, 0.717) is 5.92 Å². The molecule has 0 saturated heterocycles. The van der Waals surface area contributed by atoms with Crippen molar-refractivity contribution in [1.82, 2.24) is 0 Å². The van der Waals surface area contributed by atoms with E-state index in [-0.39, 0.29) is 31.0 Å². The van der Waals surface area contributed by atoms with E-state index < -0.39 is 16.6 Å². The molecule has 2 aliphatic rings. The summed E-state index contributed by atoms with van der Waals surface area (Å²) >= 11 is -1.48. The van der Waals surface area contributed by atoms with Gasteiger partial charge in [0.15, 0.2) is 0 Å². The molecule has 1 unspecified atom stereocenters. The fourth-order valence-corrected chi connectivity index (χ4v) is 16.9. The predicted octanol–water partition coefficient (Wildman–Crippen LogP) is 0.0205. The maximum Gasteiger partial charge on any atom is -1.00 e. The summed E-state index contributed by atoms with van der Waals surface area (Å²) in [6.07, 6.45) is 8.23. The molecule has 0 saturated carbocycles. The Bertz CT molecular complexity index is 968. The van der Waals surface area contributed by atoms with Gasteiger partial charge in [0.25, 0.3) is 0 Å². The number of halogens is 2. The topological polar surface area (TPSA) is 0 Å². The minimum atomic E-state index is -1.48. The van der Waals surface area contributed by atoms with Crippen LogP contribution in [0.25, 0.3) is 11.1 Å². The van der Waals surface area contributed by atoms with Crippen molar-refractivity contribution in [3.63, 3.8) is 0 Å². The molecule has 0 aliphatic heterocycles. The molecule has 1 atom stereocenters. The molecule has 4 rings (SSSR count). The average Bonchev–Trinajstić information content (AvgIpc) is 3.23. The van der Waals surface area contributed by atoms with Crippen LogP contribution in [-0.2, 0) is 23.0 Å².